The summed E-state index contributed by atoms with van der Waals surface area (Å²) >= 11 is 0. The third-order valence-corrected chi connectivity index (χ3v) is 2.75. The molecule has 1 aromatic rings. The van der Waals surface area contributed by atoms with E-state index in [1.165, 1.54) is 0 Å². The SMILES string of the molecule is CCOC(C)CNC(=O)c1cc(C)ccc1C#CCN. The molecular weight excluding hydrogens is 252 g/mol. The fourth-order valence-electron chi connectivity index (χ4n) is 1.78. The molecule has 0 bridgehead atoms. The van der Waals surface area contributed by atoms with E-state index < -0.39 is 0 Å². The van der Waals surface area contributed by atoms with Crippen molar-refractivity contribution in [2.24, 2.45) is 5.73 Å². The predicted molar refractivity (Wildman–Crippen MR) is 80.5 cm³/mol. The van der Waals surface area contributed by atoms with E-state index in [0.717, 1.165) is 5.56 Å². The zero-order valence-electron chi connectivity index (χ0n) is 12.3. The summed E-state index contributed by atoms with van der Waals surface area (Å²) in [5, 5.41) is 2.86. The molecule has 4 heteroatoms. The van der Waals surface area contributed by atoms with E-state index >= 15 is 0 Å². The van der Waals surface area contributed by atoms with Gasteiger partial charge in [0.25, 0.3) is 5.91 Å². The number of benzene rings is 1. The average molecular weight is 274 g/mol. The molecule has 0 saturated heterocycles. The molecule has 1 rings (SSSR count). The number of hydrogen-bond donors (Lipinski definition) is 2. The molecule has 0 heterocycles. The lowest BCUT2D eigenvalue weighted by atomic mass is 10.0. The van der Waals surface area contributed by atoms with Crippen molar-refractivity contribution in [3.63, 3.8) is 0 Å². The van der Waals surface area contributed by atoms with Gasteiger partial charge in [-0.05, 0) is 32.9 Å². The third kappa shape index (κ3) is 5.04. The molecule has 1 unspecified atom stereocenters. The van der Waals surface area contributed by atoms with Crippen LogP contribution in [0.2, 0.25) is 0 Å². The van der Waals surface area contributed by atoms with Crippen LogP contribution in [0.25, 0.3) is 0 Å². The molecule has 20 heavy (non-hydrogen) atoms. The standard InChI is InChI=1S/C16H22N2O2/c1-4-20-13(3)11-18-16(19)15-10-12(2)7-8-14(15)6-5-9-17/h7-8,10,13H,4,9,11,17H2,1-3H3,(H,18,19). The zero-order chi connectivity index (χ0) is 15.0. The van der Waals surface area contributed by atoms with E-state index in [-0.39, 0.29) is 18.6 Å². The van der Waals surface area contributed by atoms with E-state index in [1.807, 2.05) is 39.0 Å². The number of nitrogens with one attached hydrogen (secondary N) is 1. The van der Waals surface area contributed by atoms with Crippen LogP contribution in [0.3, 0.4) is 0 Å². The first-order chi connectivity index (χ1) is 9.58. The second-order valence-electron chi connectivity index (χ2n) is 4.53. The summed E-state index contributed by atoms with van der Waals surface area (Å²) < 4.78 is 5.39. The first kappa shape index (κ1) is 16.2. The lowest BCUT2D eigenvalue weighted by Gasteiger charge is -2.13. The van der Waals surface area contributed by atoms with Crippen LogP contribution in [-0.4, -0.2) is 31.7 Å². The van der Waals surface area contributed by atoms with Gasteiger partial charge in [-0.3, -0.25) is 4.79 Å². The van der Waals surface area contributed by atoms with Gasteiger partial charge in [-0.1, -0.05) is 23.5 Å². The maximum atomic E-state index is 12.2. The summed E-state index contributed by atoms with van der Waals surface area (Å²) in [6, 6.07) is 5.61. The van der Waals surface area contributed by atoms with E-state index in [9.17, 15) is 4.79 Å². The van der Waals surface area contributed by atoms with E-state index in [2.05, 4.69) is 17.2 Å². The summed E-state index contributed by atoms with van der Waals surface area (Å²) in [4.78, 5) is 12.2. The Morgan fingerprint density at radius 1 is 1.50 bits per heavy atom. The van der Waals surface area contributed by atoms with Crippen LogP contribution in [0.4, 0.5) is 0 Å². The van der Waals surface area contributed by atoms with Gasteiger partial charge in [0.05, 0.1) is 18.2 Å². The second-order valence-corrected chi connectivity index (χ2v) is 4.53. The highest BCUT2D eigenvalue weighted by Crippen LogP contribution is 2.11. The molecule has 1 amide bonds. The molecule has 0 aromatic heterocycles. The van der Waals surface area contributed by atoms with Gasteiger partial charge in [-0.15, -0.1) is 0 Å². The van der Waals surface area contributed by atoms with Crippen molar-refractivity contribution in [2.45, 2.75) is 26.9 Å². The van der Waals surface area contributed by atoms with Crippen molar-refractivity contribution in [2.75, 3.05) is 19.7 Å². The molecule has 0 aliphatic carbocycles. The van der Waals surface area contributed by atoms with Gasteiger partial charge in [0.2, 0.25) is 0 Å². The van der Waals surface area contributed by atoms with Gasteiger partial charge in [0.1, 0.15) is 0 Å². The van der Waals surface area contributed by atoms with Crippen LogP contribution in [0.15, 0.2) is 18.2 Å². The molecule has 0 radical (unpaired) electrons. The lowest BCUT2D eigenvalue weighted by Crippen LogP contribution is -2.32. The summed E-state index contributed by atoms with van der Waals surface area (Å²) in [7, 11) is 0. The Labute approximate surface area is 120 Å². The Balaban J connectivity index is 2.83. The van der Waals surface area contributed by atoms with Crippen LogP contribution >= 0.6 is 0 Å². The van der Waals surface area contributed by atoms with Crippen molar-refractivity contribution >= 4 is 5.91 Å². The third-order valence-electron chi connectivity index (χ3n) is 2.75. The highest BCUT2D eigenvalue weighted by Gasteiger charge is 2.11. The highest BCUT2D eigenvalue weighted by atomic mass is 16.5. The minimum atomic E-state index is -0.137. The van der Waals surface area contributed by atoms with Gasteiger partial charge in [-0.2, -0.15) is 0 Å². The van der Waals surface area contributed by atoms with E-state index in [4.69, 9.17) is 10.5 Å². The lowest BCUT2D eigenvalue weighted by molar-refractivity contribution is 0.0695. The maximum absolute atomic E-state index is 12.2. The molecule has 3 N–H and O–H groups in total. The monoisotopic (exact) mass is 274 g/mol. The van der Waals surface area contributed by atoms with Crippen molar-refractivity contribution < 1.29 is 9.53 Å². The van der Waals surface area contributed by atoms with Crippen LogP contribution < -0.4 is 11.1 Å². The van der Waals surface area contributed by atoms with E-state index in [0.29, 0.717) is 24.3 Å². The van der Waals surface area contributed by atoms with Crippen LogP contribution in [-0.2, 0) is 4.74 Å². The van der Waals surface area contributed by atoms with Gasteiger partial charge >= 0.3 is 0 Å². The van der Waals surface area contributed by atoms with Crippen molar-refractivity contribution in [3.05, 3.63) is 34.9 Å². The Hall–Kier alpha value is -1.83. The quantitative estimate of drug-likeness (QED) is 0.799. The Morgan fingerprint density at radius 2 is 2.25 bits per heavy atom. The fourth-order valence-corrected chi connectivity index (χ4v) is 1.78. The number of carbonyl (C=O) groups excluding carboxylic acids is 1. The van der Waals surface area contributed by atoms with Gasteiger partial charge in [-0.25, -0.2) is 0 Å². The smallest absolute Gasteiger partial charge is 0.252 e. The first-order valence-electron chi connectivity index (χ1n) is 6.77. The van der Waals surface area contributed by atoms with Gasteiger partial charge in [0.15, 0.2) is 0 Å². The van der Waals surface area contributed by atoms with Crippen molar-refractivity contribution in [3.8, 4) is 11.8 Å². The molecule has 108 valence electrons. The number of amides is 1. The number of aryl methyl sites for hydroxylation is 1. The zero-order valence-corrected chi connectivity index (χ0v) is 12.3. The van der Waals surface area contributed by atoms with Gasteiger partial charge < -0.3 is 15.8 Å². The molecule has 0 spiro atoms. The normalized spacial score (nSPS) is 11.4. The summed E-state index contributed by atoms with van der Waals surface area (Å²) in [5.41, 5.74) is 7.67. The molecule has 1 atom stereocenters. The summed E-state index contributed by atoms with van der Waals surface area (Å²) in [5.74, 6) is 5.57. The molecule has 0 saturated carbocycles. The average Bonchev–Trinajstić information content (AvgIpc) is 2.43. The van der Waals surface area contributed by atoms with Crippen LogP contribution in [0.5, 0.6) is 0 Å². The molecular formula is C16H22N2O2. The molecule has 4 nitrogen and oxygen atoms in total. The molecule has 0 fully saturated rings. The number of rotatable bonds is 5. The number of nitrogens with two attached hydrogens (primary N) is 1. The largest absolute Gasteiger partial charge is 0.377 e. The summed E-state index contributed by atoms with van der Waals surface area (Å²) in [6.45, 7) is 7.18. The molecule has 1 aromatic carbocycles. The van der Waals surface area contributed by atoms with Crippen LogP contribution in [0.1, 0.15) is 35.3 Å². The minimum Gasteiger partial charge on any atom is -0.377 e. The van der Waals surface area contributed by atoms with E-state index in [1.54, 1.807) is 0 Å². The summed E-state index contributed by atoms with van der Waals surface area (Å²) in [6.07, 6.45) is -0.00710. The highest BCUT2D eigenvalue weighted by molar-refractivity contribution is 5.97. The van der Waals surface area contributed by atoms with Crippen molar-refractivity contribution in [1.29, 1.82) is 0 Å². The predicted octanol–water partition coefficient (Wildman–Crippen LogP) is 1.46. The number of ether oxygens (including phenoxy) is 1. The molecule has 0 aliphatic heterocycles. The van der Waals surface area contributed by atoms with Crippen molar-refractivity contribution in [1.82, 2.24) is 5.32 Å². The minimum absolute atomic E-state index is 0.00710. The Kier molecular flexibility index (Phi) is 6.78. The number of carbonyl (C=O) groups is 1. The fraction of sp³-hybridized carbons (Fsp3) is 0.438. The Morgan fingerprint density at radius 3 is 2.90 bits per heavy atom. The van der Waals surface area contributed by atoms with Gasteiger partial charge in [0, 0.05) is 18.7 Å². The number of hydrogen-bond acceptors (Lipinski definition) is 3. The topological polar surface area (TPSA) is 64.3 Å². The second kappa shape index (κ2) is 8.36. The Bertz CT molecular complexity index is 515. The first-order valence-corrected chi connectivity index (χ1v) is 6.77. The maximum Gasteiger partial charge on any atom is 0.252 e. The van der Waals surface area contributed by atoms with Crippen LogP contribution in [0, 0.1) is 18.8 Å². The molecule has 0 aliphatic rings.